The number of amides is 1. The molecule has 0 spiro atoms. The molecule has 0 saturated heterocycles. The van der Waals surface area contributed by atoms with Crippen LogP contribution in [0.2, 0.25) is 0 Å². The first-order valence-electron chi connectivity index (χ1n) is 5.87. The molecule has 98 valence electrons. The third kappa shape index (κ3) is 3.58. The van der Waals surface area contributed by atoms with E-state index in [1.165, 1.54) is 0 Å². The van der Waals surface area contributed by atoms with E-state index >= 15 is 0 Å². The molecule has 0 aliphatic carbocycles. The number of para-hydroxylation sites is 2. The van der Waals surface area contributed by atoms with Crippen LogP contribution >= 0.6 is 15.9 Å². The van der Waals surface area contributed by atoms with Crippen molar-refractivity contribution in [3.8, 4) is 5.75 Å². The lowest BCUT2D eigenvalue weighted by molar-refractivity contribution is -0.115. The molecule has 2 aromatic carbocycles. The van der Waals surface area contributed by atoms with Crippen LogP contribution in [-0.2, 0) is 11.2 Å². The van der Waals surface area contributed by atoms with Crippen LogP contribution in [0.3, 0.4) is 0 Å². The number of methoxy groups -OCH3 is 1. The van der Waals surface area contributed by atoms with Crippen molar-refractivity contribution in [1.29, 1.82) is 0 Å². The highest BCUT2D eigenvalue weighted by Gasteiger charge is 2.09. The number of carbonyl (C=O) groups excluding carboxylic acids is 1. The minimum absolute atomic E-state index is 0.0728. The summed E-state index contributed by atoms with van der Waals surface area (Å²) in [4.78, 5) is 12.0. The molecule has 0 saturated carbocycles. The zero-order chi connectivity index (χ0) is 13.7. The smallest absolute Gasteiger partial charge is 0.228 e. The first kappa shape index (κ1) is 13.6. The van der Waals surface area contributed by atoms with E-state index in [0.717, 1.165) is 21.5 Å². The van der Waals surface area contributed by atoms with E-state index in [9.17, 15) is 4.79 Å². The standard InChI is InChI=1S/C15H14BrNO2/c1-19-14-9-5-2-6-11(14)10-15(18)17-13-8-4-3-7-12(13)16/h2-9H,10H2,1H3,(H,17,18). The van der Waals surface area contributed by atoms with Crippen LogP contribution in [0.4, 0.5) is 5.69 Å². The minimum Gasteiger partial charge on any atom is -0.496 e. The second-order valence-corrected chi connectivity index (χ2v) is 4.87. The maximum Gasteiger partial charge on any atom is 0.228 e. The molecule has 0 radical (unpaired) electrons. The predicted molar refractivity (Wildman–Crippen MR) is 79.5 cm³/mol. The van der Waals surface area contributed by atoms with Gasteiger partial charge in [-0.25, -0.2) is 0 Å². The Morgan fingerprint density at radius 1 is 1.16 bits per heavy atom. The summed E-state index contributed by atoms with van der Waals surface area (Å²) in [5.74, 6) is 0.654. The minimum atomic E-state index is -0.0728. The molecule has 2 rings (SSSR count). The number of anilines is 1. The lowest BCUT2D eigenvalue weighted by atomic mass is 10.1. The average Bonchev–Trinajstić information content (AvgIpc) is 2.42. The van der Waals surface area contributed by atoms with E-state index in [-0.39, 0.29) is 12.3 Å². The Hall–Kier alpha value is -1.81. The van der Waals surface area contributed by atoms with Crippen LogP contribution in [0.1, 0.15) is 5.56 Å². The largest absolute Gasteiger partial charge is 0.496 e. The second-order valence-electron chi connectivity index (χ2n) is 4.02. The summed E-state index contributed by atoms with van der Waals surface area (Å²) in [5, 5.41) is 2.87. The summed E-state index contributed by atoms with van der Waals surface area (Å²) in [7, 11) is 1.60. The Morgan fingerprint density at radius 2 is 1.84 bits per heavy atom. The van der Waals surface area contributed by atoms with Gasteiger partial charge in [0.15, 0.2) is 0 Å². The Kier molecular flexibility index (Phi) is 4.58. The van der Waals surface area contributed by atoms with E-state index < -0.39 is 0 Å². The lowest BCUT2D eigenvalue weighted by Gasteiger charge is -2.09. The number of benzene rings is 2. The van der Waals surface area contributed by atoms with Crippen LogP contribution in [-0.4, -0.2) is 13.0 Å². The van der Waals surface area contributed by atoms with Crippen molar-refractivity contribution in [2.24, 2.45) is 0 Å². The van der Waals surface area contributed by atoms with E-state index in [4.69, 9.17) is 4.74 Å². The number of carbonyl (C=O) groups is 1. The number of hydrogen-bond donors (Lipinski definition) is 1. The third-order valence-electron chi connectivity index (χ3n) is 2.69. The molecule has 1 N–H and O–H groups in total. The number of halogens is 1. The highest BCUT2D eigenvalue weighted by atomic mass is 79.9. The van der Waals surface area contributed by atoms with Crippen LogP contribution in [0.15, 0.2) is 53.0 Å². The topological polar surface area (TPSA) is 38.3 Å². The summed E-state index contributed by atoms with van der Waals surface area (Å²) in [5.41, 5.74) is 1.64. The molecule has 1 amide bonds. The molecule has 0 aliphatic heterocycles. The third-order valence-corrected chi connectivity index (χ3v) is 3.38. The van der Waals surface area contributed by atoms with Crippen molar-refractivity contribution in [3.05, 3.63) is 58.6 Å². The van der Waals surface area contributed by atoms with Gasteiger partial charge >= 0.3 is 0 Å². The molecule has 2 aromatic rings. The molecular weight excluding hydrogens is 306 g/mol. The molecule has 0 unspecified atom stereocenters. The van der Waals surface area contributed by atoms with Crippen LogP contribution < -0.4 is 10.1 Å². The van der Waals surface area contributed by atoms with E-state index in [2.05, 4.69) is 21.2 Å². The van der Waals surface area contributed by atoms with Crippen LogP contribution in [0.25, 0.3) is 0 Å². The summed E-state index contributed by atoms with van der Waals surface area (Å²) >= 11 is 3.40. The van der Waals surface area contributed by atoms with Gasteiger partial charge in [0.25, 0.3) is 0 Å². The fraction of sp³-hybridized carbons (Fsp3) is 0.133. The van der Waals surface area contributed by atoms with E-state index in [0.29, 0.717) is 0 Å². The first-order chi connectivity index (χ1) is 9.20. The van der Waals surface area contributed by atoms with Gasteiger partial charge in [-0.15, -0.1) is 0 Å². The lowest BCUT2D eigenvalue weighted by Crippen LogP contribution is -2.15. The van der Waals surface area contributed by atoms with Gasteiger partial charge in [-0.1, -0.05) is 30.3 Å². The van der Waals surface area contributed by atoms with E-state index in [1.807, 2.05) is 48.5 Å². The van der Waals surface area contributed by atoms with Gasteiger partial charge in [-0.05, 0) is 34.1 Å². The van der Waals surface area contributed by atoms with Crippen molar-refractivity contribution < 1.29 is 9.53 Å². The van der Waals surface area contributed by atoms with Gasteiger partial charge in [0.2, 0.25) is 5.91 Å². The Labute approximate surface area is 120 Å². The number of nitrogens with one attached hydrogen (secondary N) is 1. The van der Waals surface area contributed by atoms with Gasteiger partial charge in [-0.3, -0.25) is 4.79 Å². The monoisotopic (exact) mass is 319 g/mol. The molecule has 0 atom stereocenters. The van der Waals surface area contributed by atoms with Gasteiger partial charge in [0.1, 0.15) is 5.75 Å². The molecular formula is C15H14BrNO2. The van der Waals surface area contributed by atoms with E-state index in [1.54, 1.807) is 7.11 Å². The number of ether oxygens (including phenoxy) is 1. The summed E-state index contributed by atoms with van der Waals surface area (Å²) in [6.45, 7) is 0. The van der Waals surface area contributed by atoms with Gasteiger partial charge in [0, 0.05) is 10.0 Å². The Morgan fingerprint density at radius 3 is 2.58 bits per heavy atom. The predicted octanol–water partition coefficient (Wildman–Crippen LogP) is 3.64. The van der Waals surface area contributed by atoms with Crippen molar-refractivity contribution >= 4 is 27.5 Å². The number of rotatable bonds is 4. The molecule has 19 heavy (non-hydrogen) atoms. The molecule has 0 fully saturated rings. The van der Waals surface area contributed by atoms with Gasteiger partial charge in [-0.2, -0.15) is 0 Å². The average molecular weight is 320 g/mol. The van der Waals surface area contributed by atoms with Crippen LogP contribution in [0.5, 0.6) is 5.75 Å². The number of hydrogen-bond acceptors (Lipinski definition) is 2. The Bertz CT molecular complexity index is 584. The zero-order valence-electron chi connectivity index (χ0n) is 10.5. The summed E-state index contributed by atoms with van der Waals surface area (Å²) < 4.78 is 6.10. The van der Waals surface area contributed by atoms with Crippen LogP contribution in [0, 0.1) is 0 Å². The first-order valence-corrected chi connectivity index (χ1v) is 6.66. The Balaban J connectivity index is 2.08. The normalized spacial score (nSPS) is 10.0. The van der Waals surface area contributed by atoms with Crippen molar-refractivity contribution in [2.75, 3.05) is 12.4 Å². The maximum atomic E-state index is 12.0. The SMILES string of the molecule is COc1ccccc1CC(=O)Nc1ccccc1Br. The zero-order valence-corrected chi connectivity index (χ0v) is 12.1. The molecule has 0 aromatic heterocycles. The molecule has 0 bridgehead atoms. The molecule has 0 aliphatic rings. The summed E-state index contributed by atoms with van der Waals surface area (Å²) in [6, 6.07) is 15.0. The van der Waals surface area contributed by atoms with Crippen molar-refractivity contribution in [3.63, 3.8) is 0 Å². The molecule has 3 nitrogen and oxygen atoms in total. The second kappa shape index (κ2) is 6.38. The fourth-order valence-electron chi connectivity index (χ4n) is 1.78. The molecule has 0 heterocycles. The fourth-order valence-corrected chi connectivity index (χ4v) is 2.16. The summed E-state index contributed by atoms with van der Waals surface area (Å²) in [6.07, 6.45) is 0.283. The quantitative estimate of drug-likeness (QED) is 0.934. The maximum absolute atomic E-state index is 12.0. The van der Waals surface area contributed by atoms with Crippen molar-refractivity contribution in [1.82, 2.24) is 0 Å². The highest BCUT2D eigenvalue weighted by Crippen LogP contribution is 2.22. The molecule has 4 heteroatoms. The van der Waals surface area contributed by atoms with Crippen molar-refractivity contribution in [2.45, 2.75) is 6.42 Å². The highest BCUT2D eigenvalue weighted by molar-refractivity contribution is 9.10. The van der Waals surface area contributed by atoms with Gasteiger partial charge in [0.05, 0.1) is 19.2 Å². The van der Waals surface area contributed by atoms with Gasteiger partial charge < -0.3 is 10.1 Å².